The van der Waals surface area contributed by atoms with Crippen LogP contribution in [0.1, 0.15) is 35.1 Å². The second-order valence-corrected chi connectivity index (χ2v) is 9.17. The fourth-order valence-electron chi connectivity index (χ4n) is 6.17. The van der Waals surface area contributed by atoms with E-state index < -0.39 is 22.2 Å². The van der Waals surface area contributed by atoms with Crippen molar-refractivity contribution in [3.8, 4) is 0 Å². The second-order valence-electron chi connectivity index (χ2n) is 8.76. The van der Waals surface area contributed by atoms with E-state index in [1.54, 1.807) is 0 Å². The molecule has 0 unspecified atom stereocenters. The number of hydrogen-bond acceptors (Lipinski definition) is 4. The molecule has 1 aliphatic heterocycles. The maximum absolute atomic E-state index is 13.9. The van der Waals surface area contributed by atoms with Gasteiger partial charge in [-0.15, -0.1) is 0 Å². The lowest BCUT2D eigenvalue weighted by atomic mass is 9.48. The normalized spacial score (nSPS) is 27.2. The number of halogens is 1. The third kappa shape index (κ3) is 2.15. The van der Waals surface area contributed by atoms with Crippen molar-refractivity contribution in [2.24, 2.45) is 11.8 Å². The van der Waals surface area contributed by atoms with Crippen molar-refractivity contribution in [2.45, 2.75) is 18.3 Å². The summed E-state index contributed by atoms with van der Waals surface area (Å²) in [5, 5.41) is 11.5. The molecule has 7 rings (SSSR count). The lowest BCUT2D eigenvalue weighted by Crippen LogP contribution is -2.51. The Kier molecular flexibility index (Phi) is 3.76. The van der Waals surface area contributed by atoms with Crippen LogP contribution in [0.2, 0.25) is 5.02 Å². The van der Waals surface area contributed by atoms with Gasteiger partial charge >= 0.3 is 0 Å². The predicted octanol–water partition coefficient (Wildman–Crippen LogP) is 4.82. The fraction of sp³-hybridized carbons (Fsp3) is 0.200. The number of non-ortho nitro benzene ring substituents is 1. The van der Waals surface area contributed by atoms with Crippen molar-refractivity contribution in [1.82, 2.24) is 0 Å². The Morgan fingerprint density at radius 3 is 2.12 bits per heavy atom. The van der Waals surface area contributed by atoms with Crippen LogP contribution < -0.4 is 4.90 Å². The number of nitrogens with zero attached hydrogens (tertiary/aromatic N) is 2. The fourth-order valence-corrected chi connectivity index (χ4v) is 6.38. The Morgan fingerprint density at radius 2 is 1.53 bits per heavy atom. The van der Waals surface area contributed by atoms with Crippen LogP contribution in [0.25, 0.3) is 0 Å². The average Bonchev–Trinajstić information content (AvgIpc) is 3.06. The first-order valence-corrected chi connectivity index (χ1v) is 10.7. The third-order valence-corrected chi connectivity index (χ3v) is 7.74. The number of carbonyl (C=O) groups is 2. The van der Waals surface area contributed by atoms with E-state index in [0.29, 0.717) is 0 Å². The van der Waals surface area contributed by atoms with Crippen LogP contribution in [0, 0.1) is 22.0 Å². The van der Waals surface area contributed by atoms with E-state index >= 15 is 0 Å². The minimum atomic E-state index is -0.693. The molecule has 2 atom stereocenters. The minimum absolute atomic E-state index is 0.0707. The third-order valence-electron chi connectivity index (χ3n) is 7.42. The topological polar surface area (TPSA) is 80.5 Å². The Labute approximate surface area is 188 Å². The molecule has 3 aromatic rings. The van der Waals surface area contributed by atoms with Crippen LogP contribution in [0.15, 0.2) is 66.7 Å². The summed E-state index contributed by atoms with van der Waals surface area (Å²) in [5.74, 6) is -2.18. The van der Waals surface area contributed by atoms with Gasteiger partial charge in [-0.25, -0.2) is 4.90 Å². The number of amides is 2. The maximum atomic E-state index is 13.9. The van der Waals surface area contributed by atoms with Gasteiger partial charge in [0.2, 0.25) is 11.8 Å². The predicted molar refractivity (Wildman–Crippen MR) is 119 cm³/mol. The number of benzene rings is 3. The van der Waals surface area contributed by atoms with Crippen LogP contribution in [-0.2, 0) is 15.0 Å². The number of hydrogen-bond donors (Lipinski definition) is 0. The lowest BCUT2D eigenvalue weighted by Gasteiger charge is -2.52. The van der Waals surface area contributed by atoms with Crippen molar-refractivity contribution in [1.29, 1.82) is 0 Å². The Bertz CT molecular complexity index is 1320. The zero-order valence-electron chi connectivity index (χ0n) is 17.0. The number of nitro benzene ring substituents is 1. The van der Waals surface area contributed by atoms with Crippen LogP contribution in [0.5, 0.6) is 0 Å². The number of anilines is 1. The molecule has 0 spiro atoms. The molecule has 0 N–H and O–H groups in total. The second kappa shape index (κ2) is 6.26. The van der Waals surface area contributed by atoms with Gasteiger partial charge in [0.25, 0.3) is 5.69 Å². The van der Waals surface area contributed by atoms with E-state index in [4.69, 9.17) is 11.6 Å². The monoisotopic (exact) mass is 444 g/mol. The molecule has 0 saturated carbocycles. The molecular formula is C25H17ClN2O4. The summed E-state index contributed by atoms with van der Waals surface area (Å²) in [6.45, 7) is 2.03. The molecule has 0 radical (unpaired) electrons. The van der Waals surface area contributed by atoms with Crippen LogP contribution in [0.3, 0.4) is 0 Å². The Morgan fingerprint density at radius 1 is 0.938 bits per heavy atom. The van der Waals surface area contributed by atoms with Crippen LogP contribution >= 0.6 is 11.6 Å². The lowest BCUT2D eigenvalue weighted by molar-refractivity contribution is -0.384. The standard InChI is InChI=1S/C25H17ClN2O4/c1-25-16-8-4-2-6-14(16)20(15-7-3-5-9-17(15)25)21-22(25)24(30)27(23(21)29)19-12-13(28(31)32)10-11-18(19)26/h2-12,20-22H,1H3/t20?,21-,22-,25?/m0/s1. The van der Waals surface area contributed by atoms with Gasteiger partial charge in [0.1, 0.15) is 0 Å². The number of nitro groups is 1. The molecule has 158 valence electrons. The van der Waals surface area contributed by atoms with Crippen LogP contribution in [0.4, 0.5) is 11.4 Å². The molecule has 7 heteroatoms. The highest BCUT2D eigenvalue weighted by Gasteiger charge is 2.66. The quantitative estimate of drug-likeness (QED) is 0.322. The van der Waals surface area contributed by atoms with Gasteiger partial charge in [-0.1, -0.05) is 67.1 Å². The Hall–Kier alpha value is -3.51. The molecule has 2 bridgehead atoms. The first-order valence-electron chi connectivity index (χ1n) is 10.4. The van der Waals surface area contributed by atoms with E-state index in [9.17, 15) is 19.7 Å². The van der Waals surface area contributed by atoms with Gasteiger partial charge in [0, 0.05) is 23.5 Å². The van der Waals surface area contributed by atoms with Crippen molar-refractivity contribution in [2.75, 3.05) is 4.90 Å². The summed E-state index contributed by atoms with van der Waals surface area (Å²) >= 11 is 6.34. The molecule has 1 fully saturated rings. The summed E-state index contributed by atoms with van der Waals surface area (Å²) in [6, 6.07) is 19.8. The summed E-state index contributed by atoms with van der Waals surface area (Å²) in [7, 11) is 0. The van der Waals surface area contributed by atoms with E-state index in [2.05, 4.69) is 0 Å². The van der Waals surface area contributed by atoms with E-state index in [1.165, 1.54) is 18.2 Å². The van der Waals surface area contributed by atoms with Crippen molar-refractivity contribution >= 4 is 34.8 Å². The molecule has 32 heavy (non-hydrogen) atoms. The van der Waals surface area contributed by atoms with Gasteiger partial charge in [-0.05, 0) is 28.3 Å². The molecule has 0 aromatic heterocycles. The Balaban J connectivity index is 1.60. The zero-order chi connectivity index (χ0) is 22.4. The first kappa shape index (κ1) is 19.2. The van der Waals surface area contributed by atoms with Gasteiger partial charge in [-0.2, -0.15) is 0 Å². The first-order chi connectivity index (χ1) is 15.4. The SMILES string of the molecule is CC12c3ccccc3C(c3ccccc31)[C@@H]1C(=O)N(c3cc([N+](=O)[O-])ccc3Cl)C(=O)[C@H]12. The molecule has 2 amide bonds. The van der Waals surface area contributed by atoms with E-state index in [0.717, 1.165) is 27.2 Å². The van der Waals surface area contributed by atoms with Gasteiger partial charge < -0.3 is 0 Å². The number of carbonyl (C=O) groups excluding carboxylic acids is 2. The largest absolute Gasteiger partial charge is 0.274 e. The van der Waals surface area contributed by atoms with Crippen molar-refractivity contribution in [3.63, 3.8) is 0 Å². The zero-order valence-corrected chi connectivity index (χ0v) is 17.7. The van der Waals surface area contributed by atoms with E-state index in [1.807, 2.05) is 55.5 Å². The highest BCUT2D eigenvalue weighted by atomic mass is 35.5. The minimum Gasteiger partial charge on any atom is -0.274 e. The molecule has 1 saturated heterocycles. The summed E-state index contributed by atoms with van der Waals surface area (Å²) in [6.07, 6.45) is 0. The summed E-state index contributed by atoms with van der Waals surface area (Å²) < 4.78 is 0. The molecular weight excluding hydrogens is 428 g/mol. The maximum Gasteiger partial charge on any atom is 0.271 e. The van der Waals surface area contributed by atoms with E-state index in [-0.39, 0.29) is 34.1 Å². The molecule has 3 aliphatic carbocycles. The molecule has 3 aromatic carbocycles. The molecule has 6 nitrogen and oxygen atoms in total. The molecule has 4 aliphatic rings. The van der Waals surface area contributed by atoms with Gasteiger partial charge in [0.05, 0.1) is 27.5 Å². The number of rotatable bonds is 2. The molecule has 1 heterocycles. The highest BCUT2D eigenvalue weighted by Crippen LogP contribution is 2.64. The van der Waals surface area contributed by atoms with Gasteiger partial charge in [0.15, 0.2) is 0 Å². The highest BCUT2D eigenvalue weighted by molar-refractivity contribution is 6.36. The van der Waals surface area contributed by atoms with Crippen molar-refractivity contribution < 1.29 is 14.5 Å². The summed E-state index contributed by atoms with van der Waals surface area (Å²) in [5.41, 5.74) is 3.38. The number of imide groups is 1. The average molecular weight is 445 g/mol. The summed E-state index contributed by atoms with van der Waals surface area (Å²) in [4.78, 5) is 39.5. The van der Waals surface area contributed by atoms with Gasteiger partial charge in [-0.3, -0.25) is 19.7 Å². The van der Waals surface area contributed by atoms with Crippen LogP contribution in [-0.4, -0.2) is 16.7 Å². The van der Waals surface area contributed by atoms with Crippen molar-refractivity contribution in [3.05, 3.63) is 104 Å². The smallest absolute Gasteiger partial charge is 0.271 e.